The average molecular weight is 471 g/mol. The zero-order chi connectivity index (χ0) is 19.8. The molecule has 5 nitrogen and oxygen atoms in total. The number of benzene rings is 3. The van der Waals surface area contributed by atoms with Gasteiger partial charge >= 0.3 is 5.96 Å². The number of guanidine groups is 2. The molecule has 0 unspecified atom stereocenters. The van der Waals surface area contributed by atoms with E-state index in [2.05, 4.69) is 101 Å². The largest absolute Gasteiger partial charge is 1.00 e. The van der Waals surface area contributed by atoms with Crippen LogP contribution in [0, 0.1) is 0 Å². The standard InChI is InChI=1S/C22H25N5P.BrH/c23-21(24)27-22(25)26-16-17-28(18-10-4-1-5-11-18,19-12-6-2-7-13-19)20-14-8-3-9-15-20;/h1-15H,16-17H2,(H6,23,24,25,26,27);1H/q+1;. The Hall–Kier alpha value is -2.69. The fraction of sp³-hybridized carbons (Fsp3) is 0.0909. The summed E-state index contributed by atoms with van der Waals surface area (Å²) in [6, 6.07) is 32.1. The van der Waals surface area contributed by atoms with E-state index in [1.165, 1.54) is 15.9 Å². The molecule has 0 aliphatic carbocycles. The molecule has 7 N–H and O–H groups in total. The Morgan fingerprint density at radius 2 is 1.07 bits per heavy atom. The smallest absolute Gasteiger partial charge is 0.386 e. The number of nitrogens with two attached hydrogens (primary N) is 3. The monoisotopic (exact) mass is 470 g/mol. The lowest BCUT2D eigenvalue weighted by atomic mass is 10.4. The predicted molar refractivity (Wildman–Crippen MR) is 121 cm³/mol. The maximum atomic E-state index is 5.89. The third-order valence-electron chi connectivity index (χ3n) is 4.59. The van der Waals surface area contributed by atoms with Crippen molar-refractivity contribution in [2.24, 2.45) is 22.2 Å². The van der Waals surface area contributed by atoms with Crippen molar-refractivity contribution in [3.8, 4) is 0 Å². The Balaban J connectivity index is 0.00000300. The Labute approximate surface area is 182 Å². The third kappa shape index (κ3) is 5.43. The summed E-state index contributed by atoms with van der Waals surface area (Å²) >= 11 is 0. The van der Waals surface area contributed by atoms with Crippen molar-refractivity contribution in [2.75, 3.05) is 12.7 Å². The van der Waals surface area contributed by atoms with Gasteiger partial charge in [0.05, 0.1) is 6.54 Å². The number of rotatable bonds is 6. The van der Waals surface area contributed by atoms with Crippen molar-refractivity contribution in [3.05, 3.63) is 91.0 Å². The molecule has 29 heavy (non-hydrogen) atoms. The lowest BCUT2D eigenvalue weighted by molar-refractivity contribution is -0.453. The van der Waals surface area contributed by atoms with Gasteiger partial charge in [-0.2, -0.15) is 0 Å². The van der Waals surface area contributed by atoms with E-state index < -0.39 is 7.26 Å². The Morgan fingerprint density at radius 3 is 1.41 bits per heavy atom. The summed E-state index contributed by atoms with van der Waals surface area (Å²) in [6.07, 6.45) is 0.881. The normalized spacial score (nSPS) is 11.4. The molecule has 0 atom stereocenters. The number of aliphatic imine (C=N–C) groups is 1. The summed E-state index contributed by atoms with van der Waals surface area (Å²) in [7, 11) is -1.89. The average Bonchev–Trinajstić information content (AvgIpc) is 2.73. The molecule has 0 saturated heterocycles. The van der Waals surface area contributed by atoms with Gasteiger partial charge in [0.2, 0.25) is 0 Å². The van der Waals surface area contributed by atoms with E-state index in [0.717, 1.165) is 6.16 Å². The first-order chi connectivity index (χ1) is 13.6. The van der Waals surface area contributed by atoms with Crippen LogP contribution >= 0.6 is 7.26 Å². The van der Waals surface area contributed by atoms with Crippen LogP contribution in [0.1, 0.15) is 0 Å². The van der Waals surface area contributed by atoms with Gasteiger partial charge in [-0.05, 0) is 41.4 Å². The summed E-state index contributed by atoms with van der Waals surface area (Å²) in [5, 5.41) is 3.99. The lowest BCUT2D eigenvalue weighted by Crippen LogP contribution is -3.00. The molecular weight excluding hydrogens is 445 g/mol. The van der Waals surface area contributed by atoms with Crippen LogP contribution in [0.5, 0.6) is 0 Å². The molecule has 0 spiro atoms. The molecule has 0 aliphatic rings. The highest BCUT2D eigenvalue weighted by atomic mass is 79.9. The van der Waals surface area contributed by atoms with Crippen molar-refractivity contribution in [3.63, 3.8) is 0 Å². The molecule has 0 aromatic heterocycles. The van der Waals surface area contributed by atoms with Crippen LogP contribution < -0.4 is 55.1 Å². The van der Waals surface area contributed by atoms with E-state index in [0.29, 0.717) is 6.54 Å². The van der Waals surface area contributed by atoms with Gasteiger partial charge < -0.3 is 28.4 Å². The van der Waals surface area contributed by atoms with Gasteiger partial charge in [-0.15, -0.1) is 0 Å². The molecular formula is C22H26BrN5P+. The lowest BCUT2D eigenvalue weighted by Gasteiger charge is -2.26. The van der Waals surface area contributed by atoms with Gasteiger partial charge in [-0.25, -0.2) is 0 Å². The third-order valence-corrected chi connectivity index (χ3v) is 9.03. The van der Waals surface area contributed by atoms with Crippen LogP contribution in [0.2, 0.25) is 0 Å². The van der Waals surface area contributed by atoms with Crippen molar-refractivity contribution in [1.29, 1.82) is 0 Å². The van der Waals surface area contributed by atoms with Crippen molar-refractivity contribution in [2.45, 2.75) is 0 Å². The van der Waals surface area contributed by atoms with E-state index >= 15 is 0 Å². The summed E-state index contributed by atoms with van der Waals surface area (Å²) in [4.78, 5) is 7.04. The molecule has 0 saturated carbocycles. The first-order valence-corrected chi connectivity index (χ1v) is 11.1. The number of nitrogens with zero attached hydrogens (tertiary/aromatic N) is 1. The Bertz CT molecular complexity index is 846. The van der Waals surface area contributed by atoms with Gasteiger partial charge in [0.1, 0.15) is 29.3 Å². The molecule has 0 aliphatic heterocycles. The van der Waals surface area contributed by atoms with Gasteiger partial charge in [0.25, 0.3) is 5.96 Å². The highest BCUT2D eigenvalue weighted by Crippen LogP contribution is 2.54. The number of halogens is 1. The second kappa shape index (κ2) is 10.7. The van der Waals surface area contributed by atoms with E-state index in [1.54, 1.807) is 0 Å². The maximum Gasteiger partial charge on any atom is 0.386 e. The molecule has 150 valence electrons. The minimum Gasteiger partial charge on any atom is -1.00 e. The molecule has 3 rings (SSSR count). The fourth-order valence-electron chi connectivity index (χ4n) is 3.41. The van der Waals surface area contributed by atoms with Crippen LogP contribution in [0.25, 0.3) is 0 Å². The highest BCUT2D eigenvalue weighted by Gasteiger charge is 2.44. The first kappa shape index (κ1) is 22.6. The molecule has 0 bridgehead atoms. The predicted octanol–water partition coefficient (Wildman–Crippen LogP) is -3.35. The molecule has 0 radical (unpaired) electrons. The minimum atomic E-state index is -1.89. The second-order valence-corrected chi connectivity index (χ2v) is 10.0. The Morgan fingerprint density at radius 1 is 0.690 bits per heavy atom. The quantitative estimate of drug-likeness (QED) is 0.172. The molecule has 0 amide bonds. The zero-order valence-corrected chi connectivity index (χ0v) is 18.6. The van der Waals surface area contributed by atoms with E-state index in [-0.39, 0.29) is 28.9 Å². The van der Waals surface area contributed by atoms with E-state index in [4.69, 9.17) is 17.2 Å². The van der Waals surface area contributed by atoms with Crippen molar-refractivity contribution in [1.82, 2.24) is 0 Å². The van der Waals surface area contributed by atoms with Crippen LogP contribution in [0.4, 0.5) is 0 Å². The number of nitrogens with one attached hydrogen (secondary N) is 1. The van der Waals surface area contributed by atoms with Gasteiger partial charge in [-0.3, -0.25) is 10.7 Å². The molecule has 3 aromatic rings. The maximum absolute atomic E-state index is 5.89. The first-order valence-electron chi connectivity index (χ1n) is 9.14. The fourth-order valence-corrected chi connectivity index (χ4v) is 7.57. The van der Waals surface area contributed by atoms with Crippen molar-refractivity contribution >= 4 is 35.1 Å². The summed E-state index contributed by atoms with van der Waals surface area (Å²) in [6.45, 7) is 0.648. The SMILES string of the molecule is NC(N)=NC(N)=[NH+]CC[P+](c1ccccc1)(c1ccccc1)c1ccccc1.[Br-]. The van der Waals surface area contributed by atoms with Gasteiger partial charge in [-0.1, -0.05) is 54.6 Å². The molecule has 3 aromatic carbocycles. The second-order valence-electron chi connectivity index (χ2n) is 6.39. The highest BCUT2D eigenvalue weighted by molar-refractivity contribution is 7.95. The van der Waals surface area contributed by atoms with E-state index in [9.17, 15) is 0 Å². The van der Waals surface area contributed by atoms with Crippen molar-refractivity contribution < 1.29 is 22.0 Å². The summed E-state index contributed by atoms with van der Waals surface area (Å²) < 4.78 is 0. The molecule has 0 fully saturated rings. The van der Waals surface area contributed by atoms with Crippen LogP contribution in [-0.4, -0.2) is 24.6 Å². The van der Waals surface area contributed by atoms with Crippen LogP contribution in [0.3, 0.4) is 0 Å². The topological polar surface area (TPSA) is 104 Å². The number of hydrogen-bond donors (Lipinski definition) is 4. The molecule has 7 heteroatoms. The summed E-state index contributed by atoms with van der Waals surface area (Å²) in [5.74, 6) is 0.174. The summed E-state index contributed by atoms with van der Waals surface area (Å²) in [5.41, 5.74) is 16.7. The molecule has 0 heterocycles. The Kier molecular flexibility index (Phi) is 8.37. The van der Waals surface area contributed by atoms with Crippen LogP contribution in [-0.2, 0) is 0 Å². The zero-order valence-electron chi connectivity index (χ0n) is 16.1. The number of hydrogen-bond acceptors (Lipinski definition) is 0. The van der Waals surface area contributed by atoms with E-state index in [1.807, 2.05) is 0 Å². The van der Waals surface area contributed by atoms with Gasteiger partial charge in [0, 0.05) is 0 Å². The minimum absolute atomic E-state index is 0. The van der Waals surface area contributed by atoms with Gasteiger partial charge in [0.15, 0.2) is 0 Å². The van der Waals surface area contributed by atoms with Crippen LogP contribution in [0.15, 0.2) is 96.0 Å².